The first-order valence-electron chi connectivity index (χ1n) is 3.03. The van der Waals surface area contributed by atoms with E-state index in [1.54, 1.807) is 6.92 Å². The standard InChI is InChI=1S/C6H12O2S/c1-3-4-9-5(2)6(7)8/h5H,3-4H2,1-2H3,(H,7,8). The Balaban J connectivity index is 3.27. The van der Waals surface area contributed by atoms with Crippen LogP contribution in [0.1, 0.15) is 20.3 Å². The smallest absolute Gasteiger partial charge is 0.316 e. The van der Waals surface area contributed by atoms with Gasteiger partial charge in [0.05, 0.1) is 5.25 Å². The van der Waals surface area contributed by atoms with Crippen LogP contribution < -0.4 is 0 Å². The van der Waals surface area contributed by atoms with Crippen LogP contribution in [0.4, 0.5) is 0 Å². The summed E-state index contributed by atoms with van der Waals surface area (Å²) in [6.07, 6.45) is 1.04. The average molecular weight is 148 g/mol. The summed E-state index contributed by atoms with van der Waals surface area (Å²) in [5.74, 6) is 0.224. The molecule has 0 aliphatic rings. The molecule has 0 aromatic rings. The Kier molecular flexibility index (Phi) is 4.58. The van der Waals surface area contributed by atoms with Gasteiger partial charge in [-0.3, -0.25) is 4.79 Å². The van der Waals surface area contributed by atoms with Crippen molar-refractivity contribution < 1.29 is 9.90 Å². The molecular weight excluding hydrogens is 136 g/mol. The Hall–Kier alpha value is -0.180. The van der Waals surface area contributed by atoms with Crippen LogP contribution in [0, 0.1) is 0 Å². The van der Waals surface area contributed by atoms with Crippen molar-refractivity contribution in [3.63, 3.8) is 0 Å². The van der Waals surface area contributed by atoms with Gasteiger partial charge in [0.25, 0.3) is 0 Å². The van der Waals surface area contributed by atoms with Crippen LogP contribution in [0.5, 0.6) is 0 Å². The maximum absolute atomic E-state index is 10.2. The highest BCUT2D eigenvalue weighted by atomic mass is 32.2. The van der Waals surface area contributed by atoms with Crippen LogP contribution in [0.2, 0.25) is 0 Å². The molecule has 0 aliphatic carbocycles. The van der Waals surface area contributed by atoms with Crippen LogP contribution in [-0.2, 0) is 4.79 Å². The van der Waals surface area contributed by atoms with Crippen LogP contribution >= 0.6 is 11.8 Å². The third kappa shape index (κ3) is 4.33. The molecule has 0 aromatic carbocycles. The minimum Gasteiger partial charge on any atom is -0.480 e. The molecule has 0 saturated carbocycles. The summed E-state index contributed by atoms with van der Waals surface area (Å²) < 4.78 is 0. The molecule has 1 atom stereocenters. The number of carbonyl (C=O) groups is 1. The van der Waals surface area contributed by atoms with E-state index in [0.717, 1.165) is 12.2 Å². The molecule has 2 nitrogen and oxygen atoms in total. The lowest BCUT2D eigenvalue weighted by atomic mass is 10.5. The molecule has 0 saturated heterocycles. The molecule has 3 heteroatoms. The monoisotopic (exact) mass is 148 g/mol. The molecule has 0 fully saturated rings. The van der Waals surface area contributed by atoms with Crippen molar-refractivity contribution >= 4 is 17.7 Å². The van der Waals surface area contributed by atoms with Gasteiger partial charge < -0.3 is 5.11 Å². The first kappa shape index (κ1) is 8.82. The Bertz CT molecular complexity index is 93.1. The highest BCUT2D eigenvalue weighted by molar-refractivity contribution is 8.00. The summed E-state index contributed by atoms with van der Waals surface area (Å²) in [4.78, 5) is 10.2. The Labute approximate surface area is 59.6 Å². The normalized spacial score (nSPS) is 13.1. The van der Waals surface area contributed by atoms with Crippen LogP contribution in [0.3, 0.4) is 0 Å². The second-order valence-electron chi connectivity index (χ2n) is 1.85. The second-order valence-corrected chi connectivity index (χ2v) is 3.30. The number of aliphatic carboxylic acids is 1. The number of carboxylic acid groups (broad SMARTS) is 1. The third-order valence-electron chi connectivity index (χ3n) is 0.920. The van der Waals surface area contributed by atoms with E-state index in [9.17, 15) is 4.79 Å². The lowest BCUT2D eigenvalue weighted by Crippen LogP contribution is -2.11. The zero-order valence-electron chi connectivity index (χ0n) is 5.76. The predicted octanol–water partition coefficient (Wildman–Crippen LogP) is 1.60. The van der Waals surface area contributed by atoms with E-state index >= 15 is 0 Å². The highest BCUT2D eigenvalue weighted by Crippen LogP contribution is 2.10. The fourth-order valence-electron chi connectivity index (χ4n) is 0.366. The molecule has 0 amide bonds. The molecule has 0 aliphatic heterocycles. The van der Waals surface area contributed by atoms with E-state index < -0.39 is 5.97 Å². The first-order chi connectivity index (χ1) is 4.18. The molecule has 0 radical (unpaired) electrons. The van der Waals surface area contributed by atoms with Crippen molar-refractivity contribution in [2.75, 3.05) is 5.75 Å². The summed E-state index contributed by atoms with van der Waals surface area (Å²) in [5.41, 5.74) is 0. The molecule has 1 unspecified atom stereocenters. The second kappa shape index (κ2) is 4.68. The number of hydrogen-bond donors (Lipinski definition) is 1. The van der Waals surface area contributed by atoms with Crippen molar-refractivity contribution in [2.24, 2.45) is 0 Å². The van der Waals surface area contributed by atoms with Crippen LogP contribution in [-0.4, -0.2) is 22.1 Å². The van der Waals surface area contributed by atoms with E-state index in [2.05, 4.69) is 0 Å². The number of rotatable bonds is 4. The Morgan fingerprint density at radius 2 is 2.33 bits per heavy atom. The zero-order valence-corrected chi connectivity index (χ0v) is 6.57. The van der Waals surface area contributed by atoms with Gasteiger partial charge in [-0.25, -0.2) is 0 Å². The van der Waals surface area contributed by atoms with Gasteiger partial charge in [-0.1, -0.05) is 6.92 Å². The molecular formula is C6H12O2S. The van der Waals surface area contributed by atoms with Crippen molar-refractivity contribution in [3.05, 3.63) is 0 Å². The maximum Gasteiger partial charge on any atom is 0.316 e. The van der Waals surface area contributed by atoms with Gasteiger partial charge in [0, 0.05) is 0 Å². The van der Waals surface area contributed by atoms with Gasteiger partial charge in [-0.15, -0.1) is 11.8 Å². The van der Waals surface area contributed by atoms with Crippen molar-refractivity contribution in [1.29, 1.82) is 0 Å². The molecule has 0 rings (SSSR count). The predicted molar refractivity (Wildman–Crippen MR) is 39.8 cm³/mol. The van der Waals surface area contributed by atoms with E-state index in [1.807, 2.05) is 6.92 Å². The van der Waals surface area contributed by atoms with E-state index in [-0.39, 0.29) is 5.25 Å². The molecule has 0 bridgehead atoms. The maximum atomic E-state index is 10.2. The molecule has 0 aromatic heterocycles. The fourth-order valence-corrected chi connectivity index (χ4v) is 1.10. The van der Waals surface area contributed by atoms with Crippen LogP contribution in [0.25, 0.3) is 0 Å². The van der Waals surface area contributed by atoms with Crippen LogP contribution in [0.15, 0.2) is 0 Å². The largest absolute Gasteiger partial charge is 0.480 e. The quantitative estimate of drug-likeness (QED) is 0.658. The minimum atomic E-state index is -0.714. The Morgan fingerprint density at radius 3 is 2.67 bits per heavy atom. The van der Waals surface area contributed by atoms with E-state index in [4.69, 9.17) is 5.11 Å². The lowest BCUT2D eigenvalue weighted by Gasteiger charge is -2.02. The Morgan fingerprint density at radius 1 is 1.78 bits per heavy atom. The number of carboxylic acids is 1. The van der Waals surface area contributed by atoms with Gasteiger partial charge in [0.2, 0.25) is 0 Å². The molecule has 0 spiro atoms. The third-order valence-corrected chi connectivity index (χ3v) is 2.27. The minimum absolute atomic E-state index is 0.245. The molecule has 54 valence electrons. The van der Waals surface area contributed by atoms with E-state index in [1.165, 1.54) is 11.8 Å². The summed E-state index contributed by atoms with van der Waals surface area (Å²) >= 11 is 1.48. The summed E-state index contributed by atoms with van der Waals surface area (Å²) in [5, 5.41) is 8.14. The van der Waals surface area contributed by atoms with Gasteiger partial charge in [0.15, 0.2) is 0 Å². The van der Waals surface area contributed by atoms with E-state index in [0.29, 0.717) is 0 Å². The lowest BCUT2D eigenvalue weighted by molar-refractivity contribution is -0.136. The van der Waals surface area contributed by atoms with Crippen molar-refractivity contribution in [3.8, 4) is 0 Å². The average Bonchev–Trinajstić information content (AvgIpc) is 1.82. The first-order valence-corrected chi connectivity index (χ1v) is 4.07. The van der Waals surface area contributed by atoms with Crippen molar-refractivity contribution in [1.82, 2.24) is 0 Å². The fraction of sp³-hybridized carbons (Fsp3) is 0.833. The van der Waals surface area contributed by atoms with Gasteiger partial charge in [0.1, 0.15) is 0 Å². The van der Waals surface area contributed by atoms with Crippen molar-refractivity contribution in [2.45, 2.75) is 25.5 Å². The van der Waals surface area contributed by atoms with Gasteiger partial charge in [-0.05, 0) is 19.1 Å². The number of thioether (sulfide) groups is 1. The highest BCUT2D eigenvalue weighted by Gasteiger charge is 2.08. The summed E-state index contributed by atoms with van der Waals surface area (Å²) in [6, 6.07) is 0. The van der Waals surface area contributed by atoms with Gasteiger partial charge >= 0.3 is 5.97 Å². The summed E-state index contributed by atoms with van der Waals surface area (Å²) in [7, 11) is 0. The SMILES string of the molecule is CCCSC(C)C(=O)O. The molecule has 9 heavy (non-hydrogen) atoms. The summed E-state index contributed by atoms with van der Waals surface area (Å²) in [6.45, 7) is 3.75. The zero-order chi connectivity index (χ0) is 7.28. The van der Waals surface area contributed by atoms with Gasteiger partial charge in [-0.2, -0.15) is 0 Å². The number of hydrogen-bond acceptors (Lipinski definition) is 2. The topological polar surface area (TPSA) is 37.3 Å². The molecule has 0 heterocycles. The molecule has 1 N–H and O–H groups in total.